The van der Waals surface area contributed by atoms with Gasteiger partial charge < -0.3 is 10.4 Å². The molecular formula is C22H26N2O2. The highest BCUT2D eigenvalue weighted by Crippen LogP contribution is 2.37. The van der Waals surface area contributed by atoms with Gasteiger partial charge in [0, 0.05) is 26.2 Å². The zero-order valence-corrected chi connectivity index (χ0v) is 15.0. The Morgan fingerprint density at radius 3 is 2.54 bits per heavy atom. The van der Waals surface area contributed by atoms with E-state index in [0.29, 0.717) is 13.0 Å². The monoisotopic (exact) mass is 350 g/mol. The Hall–Kier alpha value is -2.17. The van der Waals surface area contributed by atoms with E-state index in [1.54, 1.807) is 0 Å². The number of aliphatic hydroxyl groups excluding tert-OH is 1. The number of hydrogen-bond donors (Lipinski definition) is 2. The summed E-state index contributed by atoms with van der Waals surface area (Å²) in [4.78, 5) is 14.8. The van der Waals surface area contributed by atoms with E-state index in [9.17, 15) is 9.90 Å². The van der Waals surface area contributed by atoms with Crippen LogP contribution in [0.5, 0.6) is 0 Å². The van der Waals surface area contributed by atoms with Crippen LogP contribution < -0.4 is 5.32 Å². The summed E-state index contributed by atoms with van der Waals surface area (Å²) < 4.78 is 0. The molecule has 0 unspecified atom stereocenters. The summed E-state index contributed by atoms with van der Waals surface area (Å²) in [6.45, 7) is 3.02. The lowest BCUT2D eigenvalue weighted by atomic mass is 9.71. The van der Waals surface area contributed by atoms with Crippen LogP contribution in [0.2, 0.25) is 0 Å². The summed E-state index contributed by atoms with van der Waals surface area (Å²) >= 11 is 0. The summed E-state index contributed by atoms with van der Waals surface area (Å²) in [6, 6.07) is 19.0. The molecule has 4 rings (SSSR count). The number of amides is 1. The Labute approximate surface area is 154 Å². The number of benzene rings is 2. The van der Waals surface area contributed by atoms with Crippen LogP contribution in [0.25, 0.3) is 11.1 Å². The number of likely N-dealkylation sites (tertiary alicyclic amines) is 1. The van der Waals surface area contributed by atoms with Gasteiger partial charge in [-0.3, -0.25) is 9.69 Å². The molecule has 1 spiro atoms. The van der Waals surface area contributed by atoms with E-state index in [4.69, 9.17) is 0 Å². The van der Waals surface area contributed by atoms with Gasteiger partial charge in [-0.15, -0.1) is 0 Å². The fourth-order valence-corrected chi connectivity index (χ4v) is 4.36. The number of carbonyl (C=O) groups is 1. The van der Waals surface area contributed by atoms with Crippen LogP contribution in [-0.2, 0) is 11.3 Å². The molecule has 0 radical (unpaired) electrons. The molecule has 1 amide bonds. The van der Waals surface area contributed by atoms with Crippen molar-refractivity contribution in [3.8, 4) is 11.1 Å². The largest absolute Gasteiger partial charge is 0.392 e. The minimum absolute atomic E-state index is 0.0281. The summed E-state index contributed by atoms with van der Waals surface area (Å²) in [5, 5.41) is 13.5. The molecule has 2 aliphatic rings. The first-order chi connectivity index (χ1) is 12.7. The lowest BCUT2D eigenvalue weighted by molar-refractivity contribution is -0.149. The SMILES string of the molecule is O=C1NCCC[C@]12CN(Cc1ccc(-c3ccccc3)cc1)CC[C@@H]2O. The molecule has 136 valence electrons. The highest BCUT2D eigenvalue weighted by molar-refractivity contribution is 5.84. The Kier molecular flexibility index (Phi) is 4.79. The highest BCUT2D eigenvalue weighted by Gasteiger charge is 2.49. The molecule has 0 aromatic heterocycles. The molecule has 2 aliphatic heterocycles. The molecule has 26 heavy (non-hydrogen) atoms. The molecule has 2 heterocycles. The van der Waals surface area contributed by atoms with Crippen LogP contribution in [0.15, 0.2) is 54.6 Å². The topological polar surface area (TPSA) is 52.6 Å². The van der Waals surface area contributed by atoms with Gasteiger partial charge in [0.25, 0.3) is 0 Å². The standard InChI is InChI=1S/C22H26N2O2/c25-20-11-14-24(16-22(20)12-4-13-23-21(22)26)15-17-7-9-19(10-8-17)18-5-2-1-3-6-18/h1-3,5-10,20,25H,4,11-16H2,(H,23,26)/t20-,22+/m0/s1. The fourth-order valence-electron chi connectivity index (χ4n) is 4.36. The van der Waals surface area contributed by atoms with Crippen molar-refractivity contribution in [3.63, 3.8) is 0 Å². The fraction of sp³-hybridized carbons (Fsp3) is 0.409. The van der Waals surface area contributed by atoms with Gasteiger partial charge >= 0.3 is 0 Å². The van der Waals surface area contributed by atoms with E-state index in [0.717, 1.165) is 32.5 Å². The van der Waals surface area contributed by atoms with Gasteiger partial charge in [-0.05, 0) is 36.0 Å². The third kappa shape index (κ3) is 3.27. The van der Waals surface area contributed by atoms with E-state index in [1.165, 1.54) is 16.7 Å². The number of nitrogens with one attached hydrogen (secondary N) is 1. The number of hydrogen-bond acceptors (Lipinski definition) is 3. The summed E-state index contributed by atoms with van der Waals surface area (Å²) in [6.07, 6.45) is 1.86. The average Bonchev–Trinajstić information content (AvgIpc) is 2.68. The smallest absolute Gasteiger partial charge is 0.230 e. The third-order valence-electron chi connectivity index (χ3n) is 5.87. The minimum atomic E-state index is -0.625. The Bertz CT molecular complexity index is 759. The Morgan fingerprint density at radius 2 is 1.81 bits per heavy atom. The van der Waals surface area contributed by atoms with E-state index in [2.05, 4.69) is 58.7 Å². The predicted molar refractivity (Wildman–Crippen MR) is 102 cm³/mol. The van der Waals surface area contributed by atoms with Gasteiger partial charge in [0.05, 0.1) is 11.5 Å². The zero-order chi connectivity index (χ0) is 18.0. The maximum atomic E-state index is 12.5. The van der Waals surface area contributed by atoms with Crippen molar-refractivity contribution in [1.82, 2.24) is 10.2 Å². The molecule has 0 bridgehead atoms. The lowest BCUT2D eigenvalue weighted by Crippen LogP contribution is -2.61. The summed E-state index contributed by atoms with van der Waals surface area (Å²) in [5.74, 6) is 0.0281. The van der Waals surface area contributed by atoms with E-state index >= 15 is 0 Å². The van der Waals surface area contributed by atoms with Crippen molar-refractivity contribution in [3.05, 3.63) is 60.2 Å². The molecule has 0 aliphatic carbocycles. The normalized spacial score (nSPS) is 26.7. The predicted octanol–water partition coefficient (Wildman–Crippen LogP) is 2.82. The summed E-state index contributed by atoms with van der Waals surface area (Å²) in [7, 11) is 0. The molecule has 2 N–H and O–H groups in total. The Morgan fingerprint density at radius 1 is 1.08 bits per heavy atom. The second-order valence-corrected chi connectivity index (χ2v) is 7.59. The molecule has 2 fully saturated rings. The average molecular weight is 350 g/mol. The van der Waals surface area contributed by atoms with Gasteiger partial charge in [-0.1, -0.05) is 54.6 Å². The van der Waals surface area contributed by atoms with Crippen molar-refractivity contribution < 1.29 is 9.90 Å². The number of carbonyl (C=O) groups excluding carboxylic acids is 1. The van der Waals surface area contributed by atoms with Crippen molar-refractivity contribution in [2.75, 3.05) is 19.6 Å². The van der Waals surface area contributed by atoms with Gasteiger partial charge in [0.15, 0.2) is 0 Å². The maximum Gasteiger partial charge on any atom is 0.230 e. The van der Waals surface area contributed by atoms with Crippen molar-refractivity contribution in [2.45, 2.75) is 31.9 Å². The lowest BCUT2D eigenvalue weighted by Gasteiger charge is -2.47. The first kappa shape index (κ1) is 17.3. The maximum absolute atomic E-state index is 12.5. The van der Waals surface area contributed by atoms with E-state index < -0.39 is 11.5 Å². The first-order valence-corrected chi connectivity index (χ1v) is 9.50. The molecular weight excluding hydrogens is 324 g/mol. The van der Waals surface area contributed by atoms with Crippen LogP contribution in [0.3, 0.4) is 0 Å². The third-order valence-corrected chi connectivity index (χ3v) is 5.87. The molecule has 4 nitrogen and oxygen atoms in total. The molecule has 4 heteroatoms. The van der Waals surface area contributed by atoms with Crippen LogP contribution in [0.1, 0.15) is 24.8 Å². The van der Waals surface area contributed by atoms with Gasteiger partial charge in [0.1, 0.15) is 0 Å². The van der Waals surface area contributed by atoms with Gasteiger partial charge in [0.2, 0.25) is 5.91 Å². The quantitative estimate of drug-likeness (QED) is 0.895. The highest BCUT2D eigenvalue weighted by atomic mass is 16.3. The summed E-state index contributed by atoms with van der Waals surface area (Å²) in [5.41, 5.74) is 3.05. The number of piperidine rings is 2. The van der Waals surface area contributed by atoms with Crippen LogP contribution >= 0.6 is 0 Å². The van der Waals surface area contributed by atoms with Gasteiger partial charge in [-0.2, -0.15) is 0 Å². The van der Waals surface area contributed by atoms with E-state index in [1.807, 2.05) is 6.07 Å². The molecule has 0 saturated carbocycles. The van der Waals surface area contributed by atoms with E-state index in [-0.39, 0.29) is 5.91 Å². The van der Waals surface area contributed by atoms with Gasteiger partial charge in [-0.25, -0.2) is 0 Å². The zero-order valence-electron chi connectivity index (χ0n) is 15.0. The van der Waals surface area contributed by atoms with Crippen LogP contribution in [0.4, 0.5) is 0 Å². The van der Waals surface area contributed by atoms with Crippen molar-refractivity contribution in [1.29, 1.82) is 0 Å². The number of aliphatic hydroxyl groups is 1. The second kappa shape index (κ2) is 7.22. The van der Waals surface area contributed by atoms with Crippen LogP contribution in [-0.4, -0.2) is 41.7 Å². The number of nitrogens with zero attached hydrogens (tertiary/aromatic N) is 1. The first-order valence-electron chi connectivity index (χ1n) is 9.50. The molecule has 2 aromatic rings. The molecule has 2 atom stereocenters. The van der Waals surface area contributed by atoms with Crippen molar-refractivity contribution >= 4 is 5.91 Å². The Balaban J connectivity index is 1.46. The molecule has 2 aromatic carbocycles. The minimum Gasteiger partial charge on any atom is -0.392 e. The van der Waals surface area contributed by atoms with Crippen molar-refractivity contribution in [2.24, 2.45) is 5.41 Å². The van der Waals surface area contributed by atoms with Crippen LogP contribution in [0, 0.1) is 5.41 Å². The number of rotatable bonds is 3. The second-order valence-electron chi connectivity index (χ2n) is 7.59. The molecule has 2 saturated heterocycles.